The van der Waals surface area contributed by atoms with Crippen LogP contribution in [0.25, 0.3) is 0 Å². The van der Waals surface area contributed by atoms with E-state index in [1.807, 2.05) is 0 Å². The maximum atomic E-state index is 12.8. The number of methoxy groups -OCH3 is 1. The molecule has 0 atom stereocenters. The highest BCUT2D eigenvalue weighted by Crippen LogP contribution is 2.37. The minimum absolute atomic E-state index is 0.0572. The van der Waals surface area contributed by atoms with Gasteiger partial charge in [-0.15, -0.1) is 11.3 Å². The van der Waals surface area contributed by atoms with Crippen LogP contribution in [0.4, 0.5) is 5.00 Å². The summed E-state index contributed by atoms with van der Waals surface area (Å²) in [5, 5.41) is 13.4. The van der Waals surface area contributed by atoms with Crippen molar-refractivity contribution in [2.75, 3.05) is 31.8 Å². The number of fused-ring (bicyclic) bond motifs is 1. The Hall–Kier alpha value is -2.41. The number of anilines is 1. The van der Waals surface area contributed by atoms with Crippen molar-refractivity contribution in [3.05, 3.63) is 39.8 Å². The SMILES string of the molecule is COc1cc(CC(=O)Nc2sc3c(c2C#N)CN(CC2CCCCC2)CC3)ccc1S(C)(=O)=O. The van der Waals surface area contributed by atoms with E-state index in [9.17, 15) is 18.5 Å². The van der Waals surface area contributed by atoms with Crippen LogP contribution in [0.2, 0.25) is 0 Å². The zero-order chi connectivity index (χ0) is 24.3. The van der Waals surface area contributed by atoms with E-state index in [4.69, 9.17) is 4.74 Å². The molecule has 0 unspecified atom stereocenters. The molecular formula is C25H31N3O4S2. The van der Waals surface area contributed by atoms with Crippen molar-refractivity contribution >= 4 is 32.1 Å². The molecule has 4 rings (SSSR count). The van der Waals surface area contributed by atoms with Gasteiger partial charge in [-0.1, -0.05) is 25.3 Å². The van der Waals surface area contributed by atoms with Gasteiger partial charge in [-0.05, 0) is 42.9 Å². The zero-order valence-electron chi connectivity index (χ0n) is 19.7. The number of benzene rings is 1. The fourth-order valence-electron chi connectivity index (χ4n) is 5.03. The third kappa shape index (κ3) is 5.62. The first-order valence-corrected chi connectivity index (χ1v) is 14.4. The molecule has 9 heteroatoms. The van der Waals surface area contributed by atoms with Crippen LogP contribution in [0, 0.1) is 17.2 Å². The van der Waals surface area contributed by atoms with Crippen LogP contribution in [0.3, 0.4) is 0 Å². The number of thiophene rings is 1. The quantitative estimate of drug-likeness (QED) is 0.612. The first-order valence-electron chi connectivity index (χ1n) is 11.7. The monoisotopic (exact) mass is 501 g/mol. The molecule has 0 radical (unpaired) electrons. The second kappa shape index (κ2) is 10.5. The average molecular weight is 502 g/mol. The Labute approximate surface area is 205 Å². The van der Waals surface area contributed by atoms with Crippen molar-refractivity contribution < 1.29 is 17.9 Å². The first kappa shape index (κ1) is 24.7. The lowest BCUT2D eigenvalue weighted by Crippen LogP contribution is -2.34. The number of hydrogen-bond donors (Lipinski definition) is 1. The maximum Gasteiger partial charge on any atom is 0.229 e. The Balaban J connectivity index is 1.45. The number of nitriles is 1. The van der Waals surface area contributed by atoms with Crippen LogP contribution in [0.1, 0.15) is 53.7 Å². The maximum absolute atomic E-state index is 12.8. The molecule has 1 saturated carbocycles. The van der Waals surface area contributed by atoms with Crippen LogP contribution in [-0.2, 0) is 34.0 Å². The number of sulfone groups is 1. The molecule has 1 amide bonds. The second-order valence-electron chi connectivity index (χ2n) is 9.29. The van der Waals surface area contributed by atoms with Gasteiger partial charge in [-0.25, -0.2) is 8.42 Å². The van der Waals surface area contributed by atoms with Gasteiger partial charge >= 0.3 is 0 Å². The molecule has 1 aromatic heterocycles. The summed E-state index contributed by atoms with van der Waals surface area (Å²) in [6.07, 6.45) is 8.68. The standard InChI is InChI=1S/C25H31N3O4S2/c1-32-21-12-18(8-9-23(21)34(2,30)31)13-24(29)27-25-19(14-26)20-16-28(11-10-22(20)33-25)15-17-6-4-3-5-7-17/h8-9,12,17H,3-7,10-11,13,15-16H2,1-2H3,(H,27,29). The van der Waals surface area contributed by atoms with Crippen molar-refractivity contribution in [3.63, 3.8) is 0 Å². The molecule has 1 N–H and O–H groups in total. The molecule has 1 aliphatic heterocycles. The van der Waals surface area contributed by atoms with Gasteiger partial charge in [0.1, 0.15) is 21.7 Å². The lowest BCUT2D eigenvalue weighted by atomic mass is 9.88. The van der Waals surface area contributed by atoms with Gasteiger partial charge < -0.3 is 10.1 Å². The second-order valence-corrected chi connectivity index (χ2v) is 12.4. The molecular weight excluding hydrogens is 470 g/mol. The fourth-order valence-corrected chi connectivity index (χ4v) is 7.01. The molecule has 182 valence electrons. The molecule has 0 bridgehead atoms. The molecule has 7 nitrogen and oxygen atoms in total. The van der Waals surface area contributed by atoms with Gasteiger partial charge in [0.25, 0.3) is 0 Å². The summed E-state index contributed by atoms with van der Waals surface area (Å²) in [5.74, 6) is 0.725. The number of ether oxygens (including phenoxy) is 1. The number of rotatable bonds is 7. The topological polar surface area (TPSA) is 99.5 Å². The largest absolute Gasteiger partial charge is 0.495 e. The Morgan fingerprint density at radius 2 is 2.06 bits per heavy atom. The Morgan fingerprint density at radius 1 is 1.29 bits per heavy atom. The van der Waals surface area contributed by atoms with E-state index in [1.165, 1.54) is 61.5 Å². The number of amides is 1. The molecule has 1 aliphatic carbocycles. The third-order valence-electron chi connectivity index (χ3n) is 6.73. The van der Waals surface area contributed by atoms with Crippen LogP contribution in [0.15, 0.2) is 23.1 Å². The molecule has 0 saturated heterocycles. The first-order chi connectivity index (χ1) is 16.3. The van der Waals surface area contributed by atoms with Crippen LogP contribution in [0.5, 0.6) is 5.75 Å². The number of carbonyl (C=O) groups excluding carboxylic acids is 1. The van der Waals surface area contributed by atoms with Crippen molar-refractivity contribution in [3.8, 4) is 11.8 Å². The molecule has 2 heterocycles. The lowest BCUT2D eigenvalue weighted by Gasteiger charge is -2.32. The summed E-state index contributed by atoms with van der Waals surface area (Å²) < 4.78 is 29.0. The minimum Gasteiger partial charge on any atom is -0.495 e. The number of hydrogen-bond acceptors (Lipinski definition) is 7. The summed E-state index contributed by atoms with van der Waals surface area (Å²) >= 11 is 1.50. The van der Waals surface area contributed by atoms with Crippen LogP contribution in [-0.4, -0.2) is 45.7 Å². The highest BCUT2D eigenvalue weighted by atomic mass is 32.2. The summed E-state index contributed by atoms with van der Waals surface area (Å²) in [5.41, 5.74) is 2.27. The molecule has 1 fully saturated rings. The van der Waals surface area contributed by atoms with E-state index < -0.39 is 9.84 Å². The van der Waals surface area contributed by atoms with E-state index >= 15 is 0 Å². The summed E-state index contributed by atoms with van der Waals surface area (Å²) in [4.78, 5) is 16.5. The molecule has 1 aromatic carbocycles. The van der Waals surface area contributed by atoms with Gasteiger partial charge in [0.15, 0.2) is 9.84 Å². The predicted octanol–water partition coefficient (Wildman–Crippen LogP) is 4.15. The van der Waals surface area contributed by atoms with Crippen molar-refractivity contribution in [2.45, 2.75) is 56.4 Å². The van der Waals surface area contributed by atoms with E-state index in [2.05, 4.69) is 16.3 Å². The Morgan fingerprint density at radius 3 is 2.74 bits per heavy atom. The summed E-state index contributed by atoms with van der Waals surface area (Å²) in [6.45, 7) is 2.85. The zero-order valence-corrected chi connectivity index (χ0v) is 21.4. The summed E-state index contributed by atoms with van der Waals surface area (Å²) in [7, 11) is -2.02. The highest BCUT2D eigenvalue weighted by molar-refractivity contribution is 7.90. The number of nitrogens with one attached hydrogen (secondary N) is 1. The predicted molar refractivity (Wildman–Crippen MR) is 133 cm³/mol. The molecule has 2 aromatic rings. The lowest BCUT2D eigenvalue weighted by molar-refractivity contribution is -0.115. The van der Waals surface area contributed by atoms with Gasteiger partial charge in [0.2, 0.25) is 5.91 Å². The van der Waals surface area contributed by atoms with Crippen molar-refractivity contribution in [2.24, 2.45) is 5.92 Å². The van der Waals surface area contributed by atoms with E-state index in [1.54, 1.807) is 12.1 Å². The Bertz CT molecular complexity index is 1210. The number of carbonyl (C=O) groups is 1. The number of nitrogens with zero attached hydrogens (tertiary/aromatic N) is 2. The third-order valence-corrected chi connectivity index (χ3v) is 9.07. The Kier molecular flexibility index (Phi) is 7.60. The van der Waals surface area contributed by atoms with E-state index in [-0.39, 0.29) is 23.0 Å². The average Bonchev–Trinajstić information content (AvgIpc) is 3.14. The molecule has 2 aliphatic rings. The smallest absolute Gasteiger partial charge is 0.229 e. The minimum atomic E-state index is -3.43. The van der Waals surface area contributed by atoms with Crippen molar-refractivity contribution in [1.82, 2.24) is 4.90 Å². The van der Waals surface area contributed by atoms with Gasteiger partial charge in [0, 0.05) is 36.3 Å². The van der Waals surface area contributed by atoms with E-state index in [0.29, 0.717) is 16.1 Å². The fraction of sp³-hybridized carbons (Fsp3) is 0.520. The van der Waals surface area contributed by atoms with Gasteiger partial charge in [-0.2, -0.15) is 5.26 Å². The van der Waals surface area contributed by atoms with Gasteiger partial charge in [0.05, 0.1) is 19.1 Å². The van der Waals surface area contributed by atoms with Crippen LogP contribution >= 0.6 is 11.3 Å². The van der Waals surface area contributed by atoms with E-state index in [0.717, 1.165) is 43.8 Å². The molecule has 0 spiro atoms. The molecule has 34 heavy (non-hydrogen) atoms. The highest BCUT2D eigenvalue weighted by Gasteiger charge is 2.27. The van der Waals surface area contributed by atoms with Gasteiger partial charge in [-0.3, -0.25) is 9.69 Å². The normalized spacial score (nSPS) is 17.1. The van der Waals surface area contributed by atoms with Crippen LogP contribution < -0.4 is 10.1 Å². The van der Waals surface area contributed by atoms with Crippen molar-refractivity contribution in [1.29, 1.82) is 5.26 Å². The summed E-state index contributed by atoms with van der Waals surface area (Å²) in [6, 6.07) is 6.97.